The average molecular weight is 489 g/mol. The predicted octanol–water partition coefficient (Wildman–Crippen LogP) is 5.22. The molecule has 0 radical (unpaired) electrons. The van der Waals surface area contributed by atoms with E-state index in [1.54, 1.807) is 39.5 Å². The van der Waals surface area contributed by atoms with Gasteiger partial charge in [0.1, 0.15) is 18.0 Å². The SMILES string of the molecule is CC.COCC(=O)Nc1ccc(-c2cnc3[nH]cc(-c4ccccc4OC)c3c2)cc1C(=O)N(C)C. The van der Waals surface area contributed by atoms with Gasteiger partial charge in [-0.25, -0.2) is 4.98 Å². The van der Waals surface area contributed by atoms with Crippen molar-refractivity contribution in [2.75, 3.05) is 40.2 Å². The highest BCUT2D eigenvalue weighted by Gasteiger charge is 2.18. The molecule has 0 saturated heterocycles. The van der Waals surface area contributed by atoms with Crippen LogP contribution in [0.4, 0.5) is 5.69 Å². The highest BCUT2D eigenvalue weighted by Crippen LogP contribution is 2.36. The van der Waals surface area contributed by atoms with E-state index < -0.39 is 0 Å². The lowest BCUT2D eigenvalue weighted by Crippen LogP contribution is -2.25. The summed E-state index contributed by atoms with van der Waals surface area (Å²) in [5, 5.41) is 3.68. The number of benzene rings is 2. The minimum Gasteiger partial charge on any atom is -0.496 e. The zero-order valence-electron chi connectivity index (χ0n) is 21.5. The van der Waals surface area contributed by atoms with Crippen molar-refractivity contribution in [1.82, 2.24) is 14.9 Å². The number of ether oxygens (including phenoxy) is 2. The van der Waals surface area contributed by atoms with E-state index in [2.05, 4.69) is 15.3 Å². The molecule has 0 spiro atoms. The van der Waals surface area contributed by atoms with Gasteiger partial charge in [0.2, 0.25) is 5.91 Å². The van der Waals surface area contributed by atoms with Gasteiger partial charge in [0, 0.05) is 55.7 Å². The number of methoxy groups -OCH3 is 2. The largest absolute Gasteiger partial charge is 0.496 e. The predicted molar refractivity (Wildman–Crippen MR) is 143 cm³/mol. The standard InChI is InChI=1S/C26H26N4O4.C2H6/c1-30(2)26(32)20-11-16(9-10-22(20)29-24(31)15-33-3)17-12-19-21(14-28-25(19)27-13-17)18-7-5-6-8-23(18)34-4;1-2/h5-14H,15H2,1-4H3,(H,27,28)(H,29,31);1-2H3. The number of hydrogen-bond donors (Lipinski definition) is 2. The Hall–Kier alpha value is -4.17. The van der Waals surface area contributed by atoms with E-state index in [-0.39, 0.29) is 18.4 Å². The van der Waals surface area contributed by atoms with Crippen molar-refractivity contribution in [3.63, 3.8) is 0 Å². The molecule has 0 aliphatic heterocycles. The summed E-state index contributed by atoms with van der Waals surface area (Å²) in [7, 11) is 6.43. The molecule has 0 saturated carbocycles. The average Bonchev–Trinajstić information content (AvgIpc) is 3.32. The van der Waals surface area contributed by atoms with Gasteiger partial charge >= 0.3 is 0 Å². The van der Waals surface area contributed by atoms with E-state index in [0.717, 1.165) is 39.0 Å². The van der Waals surface area contributed by atoms with Gasteiger partial charge in [-0.3, -0.25) is 9.59 Å². The maximum Gasteiger partial charge on any atom is 0.255 e. The number of para-hydroxylation sites is 1. The number of hydrogen-bond acceptors (Lipinski definition) is 5. The van der Waals surface area contributed by atoms with Crippen LogP contribution in [0.25, 0.3) is 33.3 Å². The van der Waals surface area contributed by atoms with E-state index in [9.17, 15) is 9.59 Å². The summed E-state index contributed by atoms with van der Waals surface area (Å²) in [4.78, 5) is 34.2. The summed E-state index contributed by atoms with van der Waals surface area (Å²) in [5.41, 5.74) is 5.12. The molecule has 0 aliphatic rings. The zero-order chi connectivity index (χ0) is 26.2. The van der Waals surface area contributed by atoms with Crippen LogP contribution in [0.1, 0.15) is 24.2 Å². The Labute approximate surface area is 211 Å². The van der Waals surface area contributed by atoms with Gasteiger partial charge in [0.25, 0.3) is 5.91 Å². The maximum absolute atomic E-state index is 12.9. The van der Waals surface area contributed by atoms with Crippen molar-refractivity contribution < 1.29 is 19.1 Å². The second-order valence-corrected chi connectivity index (χ2v) is 7.96. The van der Waals surface area contributed by atoms with Gasteiger partial charge in [0.05, 0.1) is 18.4 Å². The number of fused-ring (bicyclic) bond motifs is 1. The molecular weight excluding hydrogens is 456 g/mol. The maximum atomic E-state index is 12.9. The van der Waals surface area contributed by atoms with Crippen LogP contribution in [0, 0.1) is 0 Å². The Kier molecular flexibility index (Phi) is 8.81. The fourth-order valence-electron chi connectivity index (χ4n) is 3.82. The van der Waals surface area contributed by atoms with Crippen LogP contribution in [-0.2, 0) is 9.53 Å². The van der Waals surface area contributed by atoms with E-state index in [1.165, 1.54) is 12.0 Å². The van der Waals surface area contributed by atoms with E-state index in [0.29, 0.717) is 11.3 Å². The molecule has 0 aliphatic carbocycles. The Morgan fingerprint density at radius 2 is 1.75 bits per heavy atom. The second-order valence-electron chi connectivity index (χ2n) is 7.96. The lowest BCUT2D eigenvalue weighted by molar-refractivity contribution is -0.119. The van der Waals surface area contributed by atoms with Gasteiger partial charge in [0.15, 0.2) is 0 Å². The molecule has 8 heteroatoms. The number of aromatic amines is 1. The smallest absolute Gasteiger partial charge is 0.255 e. The van der Waals surface area contributed by atoms with Gasteiger partial charge < -0.3 is 24.7 Å². The lowest BCUT2D eigenvalue weighted by Gasteiger charge is -2.16. The highest BCUT2D eigenvalue weighted by atomic mass is 16.5. The molecular formula is C28H32N4O4. The van der Waals surface area contributed by atoms with Gasteiger partial charge in [-0.2, -0.15) is 0 Å². The first kappa shape index (κ1) is 26.4. The summed E-state index contributed by atoms with van der Waals surface area (Å²) < 4.78 is 10.4. The zero-order valence-corrected chi connectivity index (χ0v) is 21.5. The Bertz CT molecular complexity index is 1360. The van der Waals surface area contributed by atoms with Gasteiger partial charge in [-0.15, -0.1) is 0 Å². The van der Waals surface area contributed by atoms with Gasteiger partial charge in [-0.05, 0) is 29.8 Å². The molecule has 36 heavy (non-hydrogen) atoms. The molecule has 0 atom stereocenters. The Morgan fingerprint density at radius 1 is 1.00 bits per heavy atom. The molecule has 188 valence electrons. The van der Waals surface area contributed by atoms with Crippen molar-refractivity contribution in [2.24, 2.45) is 0 Å². The first-order valence-corrected chi connectivity index (χ1v) is 11.7. The first-order valence-electron chi connectivity index (χ1n) is 11.7. The quantitative estimate of drug-likeness (QED) is 0.372. The van der Waals surface area contributed by atoms with Crippen molar-refractivity contribution in [2.45, 2.75) is 13.8 Å². The number of H-pyrrole nitrogens is 1. The summed E-state index contributed by atoms with van der Waals surface area (Å²) in [6, 6.07) is 15.2. The fraction of sp³-hybridized carbons (Fsp3) is 0.250. The Morgan fingerprint density at radius 3 is 2.44 bits per heavy atom. The van der Waals surface area contributed by atoms with E-state index >= 15 is 0 Å². The van der Waals surface area contributed by atoms with Crippen LogP contribution >= 0.6 is 0 Å². The third-order valence-electron chi connectivity index (χ3n) is 5.47. The minimum absolute atomic E-state index is 0.100. The molecule has 0 fully saturated rings. The van der Waals surface area contributed by atoms with Crippen molar-refractivity contribution in [3.8, 4) is 28.0 Å². The molecule has 2 aromatic heterocycles. The molecule has 2 amide bonds. The third-order valence-corrected chi connectivity index (χ3v) is 5.47. The topological polar surface area (TPSA) is 96.5 Å². The number of anilines is 1. The molecule has 8 nitrogen and oxygen atoms in total. The summed E-state index contributed by atoms with van der Waals surface area (Å²) in [6.07, 6.45) is 3.67. The number of nitrogens with one attached hydrogen (secondary N) is 2. The molecule has 0 bridgehead atoms. The monoisotopic (exact) mass is 488 g/mol. The summed E-state index contributed by atoms with van der Waals surface area (Å²) in [5.74, 6) is 0.212. The molecule has 2 N–H and O–H groups in total. The number of nitrogens with zero attached hydrogens (tertiary/aromatic N) is 2. The molecule has 2 aromatic carbocycles. The van der Waals surface area contributed by atoms with Crippen LogP contribution in [-0.4, -0.2) is 61.6 Å². The molecule has 2 heterocycles. The summed E-state index contributed by atoms with van der Waals surface area (Å²) >= 11 is 0. The lowest BCUT2D eigenvalue weighted by atomic mass is 9.99. The number of pyridine rings is 1. The van der Waals surface area contributed by atoms with Gasteiger partial charge in [-0.1, -0.05) is 38.1 Å². The number of carbonyl (C=O) groups excluding carboxylic acids is 2. The van der Waals surface area contributed by atoms with Crippen LogP contribution in [0.2, 0.25) is 0 Å². The van der Waals surface area contributed by atoms with Crippen LogP contribution in [0.15, 0.2) is 60.9 Å². The molecule has 4 rings (SSSR count). The number of aromatic nitrogens is 2. The second kappa shape index (κ2) is 12.0. The van der Waals surface area contributed by atoms with Crippen LogP contribution in [0.3, 0.4) is 0 Å². The fourth-order valence-corrected chi connectivity index (χ4v) is 3.82. The number of rotatable bonds is 7. The normalized spacial score (nSPS) is 10.4. The van der Waals surface area contributed by atoms with Crippen molar-refractivity contribution in [1.29, 1.82) is 0 Å². The molecule has 4 aromatic rings. The van der Waals surface area contributed by atoms with Crippen LogP contribution < -0.4 is 10.1 Å². The van der Waals surface area contributed by atoms with Crippen molar-refractivity contribution >= 4 is 28.5 Å². The molecule has 0 unspecified atom stereocenters. The van der Waals surface area contributed by atoms with E-state index in [4.69, 9.17) is 9.47 Å². The summed E-state index contributed by atoms with van der Waals surface area (Å²) in [6.45, 7) is 3.90. The highest BCUT2D eigenvalue weighted by molar-refractivity contribution is 6.05. The number of carbonyl (C=O) groups is 2. The first-order chi connectivity index (χ1) is 17.4. The van der Waals surface area contributed by atoms with Crippen LogP contribution in [0.5, 0.6) is 5.75 Å². The third kappa shape index (κ3) is 5.55. The Balaban J connectivity index is 0.00000176. The number of amides is 2. The minimum atomic E-state index is -0.333. The van der Waals surface area contributed by atoms with E-state index in [1.807, 2.05) is 56.4 Å². The van der Waals surface area contributed by atoms with Crippen molar-refractivity contribution in [3.05, 3.63) is 66.5 Å².